The lowest BCUT2D eigenvalue weighted by molar-refractivity contribution is 0.129. The van der Waals surface area contributed by atoms with Crippen molar-refractivity contribution >= 4 is 0 Å². The third kappa shape index (κ3) is 5.24. The fourth-order valence-electron chi connectivity index (χ4n) is 3.26. The Kier molecular flexibility index (Phi) is 6.55. The van der Waals surface area contributed by atoms with Gasteiger partial charge in [-0.1, -0.05) is 80.4 Å². The minimum atomic E-state index is -0.112. The summed E-state index contributed by atoms with van der Waals surface area (Å²) in [6.45, 7) is 17.4. The molecular weight excluding hydrogens is 296 g/mol. The van der Waals surface area contributed by atoms with Crippen LogP contribution in [0.25, 0.3) is 0 Å². The lowest BCUT2D eigenvalue weighted by Crippen LogP contribution is -2.25. The van der Waals surface area contributed by atoms with E-state index >= 15 is 0 Å². The average molecular weight is 335 g/mol. The molecule has 138 valence electrons. The first-order chi connectivity index (χ1) is 10.8. The second kappa shape index (κ2) is 7.47. The molecule has 1 aromatic carbocycles. The summed E-state index contributed by atoms with van der Waals surface area (Å²) in [6, 6.07) is 4.29. The molecule has 2 heteroatoms. The molecule has 0 aliphatic carbocycles. The summed E-state index contributed by atoms with van der Waals surface area (Å²) in [5.41, 5.74) is 2.90. The topological polar surface area (TPSA) is 40.5 Å². The number of benzene rings is 1. The second-order valence-corrected chi connectivity index (χ2v) is 9.79. The molecule has 1 rings (SSSR count). The SMILES string of the molecule is CCCCC(C)(CO)Cc1cc(C(C)(C)C)c(O)c(C(C)(C)C)c1. The van der Waals surface area contributed by atoms with Crippen LogP contribution in [-0.4, -0.2) is 16.8 Å². The molecule has 0 aromatic heterocycles. The van der Waals surface area contributed by atoms with Crippen LogP contribution in [0.1, 0.15) is 91.3 Å². The minimum Gasteiger partial charge on any atom is -0.507 e. The number of rotatable bonds is 6. The Morgan fingerprint density at radius 3 is 1.67 bits per heavy atom. The molecule has 1 aromatic rings. The van der Waals surface area contributed by atoms with Crippen LogP contribution in [0.5, 0.6) is 5.75 Å². The number of aromatic hydroxyl groups is 1. The molecule has 0 aliphatic rings. The normalized spacial score (nSPS) is 15.4. The van der Waals surface area contributed by atoms with Gasteiger partial charge >= 0.3 is 0 Å². The molecule has 2 nitrogen and oxygen atoms in total. The number of aliphatic hydroxyl groups excluding tert-OH is 1. The Balaban J connectivity index is 3.38. The summed E-state index contributed by atoms with van der Waals surface area (Å²) < 4.78 is 0. The van der Waals surface area contributed by atoms with Gasteiger partial charge in [0.2, 0.25) is 0 Å². The lowest BCUT2D eigenvalue weighted by atomic mass is 9.75. The van der Waals surface area contributed by atoms with E-state index in [2.05, 4.69) is 67.5 Å². The van der Waals surface area contributed by atoms with E-state index in [1.807, 2.05) is 0 Å². The maximum Gasteiger partial charge on any atom is 0.123 e. The first-order valence-corrected chi connectivity index (χ1v) is 9.32. The Labute approximate surface area is 149 Å². The Hall–Kier alpha value is -1.02. The van der Waals surface area contributed by atoms with Gasteiger partial charge in [-0.05, 0) is 45.8 Å². The van der Waals surface area contributed by atoms with Crippen molar-refractivity contribution in [2.45, 2.75) is 91.9 Å². The quantitative estimate of drug-likeness (QED) is 0.698. The molecule has 0 saturated heterocycles. The van der Waals surface area contributed by atoms with Crippen molar-refractivity contribution in [2.24, 2.45) is 5.41 Å². The van der Waals surface area contributed by atoms with Gasteiger partial charge in [0.05, 0.1) is 0 Å². The fourth-order valence-corrected chi connectivity index (χ4v) is 3.26. The number of aliphatic hydroxyl groups is 1. The van der Waals surface area contributed by atoms with Gasteiger partial charge in [0.1, 0.15) is 5.75 Å². The Morgan fingerprint density at radius 1 is 0.875 bits per heavy atom. The number of unbranched alkanes of at least 4 members (excludes halogenated alkanes) is 1. The fraction of sp³-hybridized carbons (Fsp3) is 0.727. The van der Waals surface area contributed by atoms with Gasteiger partial charge in [0, 0.05) is 6.61 Å². The van der Waals surface area contributed by atoms with Crippen LogP contribution < -0.4 is 0 Å². The van der Waals surface area contributed by atoms with Gasteiger partial charge in [0.25, 0.3) is 0 Å². The van der Waals surface area contributed by atoms with Crippen molar-refractivity contribution in [1.82, 2.24) is 0 Å². The number of phenols is 1. The zero-order valence-corrected chi connectivity index (χ0v) is 17.1. The monoisotopic (exact) mass is 334 g/mol. The predicted octanol–water partition coefficient (Wildman–Crippen LogP) is 5.72. The van der Waals surface area contributed by atoms with E-state index in [9.17, 15) is 10.2 Å². The summed E-state index contributed by atoms with van der Waals surface area (Å²) in [6.07, 6.45) is 4.14. The summed E-state index contributed by atoms with van der Waals surface area (Å²) >= 11 is 0. The Bertz CT molecular complexity index is 511. The third-order valence-corrected chi connectivity index (χ3v) is 4.93. The van der Waals surface area contributed by atoms with Crippen molar-refractivity contribution in [3.8, 4) is 5.75 Å². The van der Waals surface area contributed by atoms with Gasteiger partial charge in [0.15, 0.2) is 0 Å². The summed E-state index contributed by atoms with van der Waals surface area (Å²) in [5, 5.41) is 20.8. The van der Waals surface area contributed by atoms with E-state index < -0.39 is 0 Å². The van der Waals surface area contributed by atoms with Gasteiger partial charge < -0.3 is 10.2 Å². The molecule has 2 N–H and O–H groups in total. The van der Waals surface area contributed by atoms with Crippen molar-refractivity contribution < 1.29 is 10.2 Å². The maximum atomic E-state index is 10.8. The van der Waals surface area contributed by atoms with Crippen molar-refractivity contribution in [3.63, 3.8) is 0 Å². The van der Waals surface area contributed by atoms with Gasteiger partial charge in [-0.2, -0.15) is 0 Å². The Morgan fingerprint density at radius 2 is 1.33 bits per heavy atom. The number of phenolic OH excluding ortho intramolecular Hbond substituents is 1. The average Bonchev–Trinajstić information content (AvgIpc) is 2.44. The molecule has 0 amide bonds. The highest BCUT2D eigenvalue weighted by atomic mass is 16.3. The summed E-state index contributed by atoms with van der Waals surface area (Å²) in [4.78, 5) is 0. The van der Waals surface area contributed by atoms with Crippen LogP contribution in [-0.2, 0) is 17.3 Å². The maximum absolute atomic E-state index is 10.8. The molecule has 1 unspecified atom stereocenters. The molecule has 0 spiro atoms. The molecule has 0 radical (unpaired) electrons. The van der Waals surface area contributed by atoms with Crippen molar-refractivity contribution in [3.05, 3.63) is 28.8 Å². The highest BCUT2D eigenvalue weighted by molar-refractivity contribution is 5.50. The predicted molar refractivity (Wildman–Crippen MR) is 104 cm³/mol. The molecule has 0 aliphatic heterocycles. The zero-order valence-electron chi connectivity index (χ0n) is 17.1. The first kappa shape index (κ1) is 21.0. The van der Waals surface area contributed by atoms with Crippen molar-refractivity contribution in [2.75, 3.05) is 6.61 Å². The lowest BCUT2D eigenvalue weighted by Gasteiger charge is -2.31. The third-order valence-electron chi connectivity index (χ3n) is 4.93. The van der Waals surface area contributed by atoms with Gasteiger partial charge in [-0.25, -0.2) is 0 Å². The molecule has 1 atom stereocenters. The van der Waals surface area contributed by atoms with E-state index in [1.54, 1.807) is 0 Å². The second-order valence-electron chi connectivity index (χ2n) is 9.79. The summed E-state index contributed by atoms with van der Waals surface area (Å²) in [7, 11) is 0. The highest BCUT2D eigenvalue weighted by Gasteiger charge is 2.29. The van der Waals surface area contributed by atoms with Crippen LogP contribution in [0.4, 0.5) is 0 Å². The zero-order chi connectivity index (χ0) is 18.8. The minimum absolute atomic E-state index is 0.0999. The van der Waals surface area contributed by atoms with Crippen LogP contribution in [0.15, 0.2) is 12.1 Å². The molecular formula is C22H38O2. The molecule has 0 heterocycles. The van der Waals surface area contributed by atoms with E-state index in [0.29, 0.717) is 5.75 Å². The van der Waals surface area contributed by atoms with Gasteiger partial charge in [-0.15, -0.1) is 0 Å². The van der Waals surface area contributed by atoms with E-state index in [-0.39, 0.29) is 22.9 Å². The van der Waals surface area contributed by atoms with Crippen molar-refractivity contribution in [1.29, 1.82) is 0 Å². The smallest absolute Gasteiger partial charge is 0.123 e. The van der Waals surface area contributed by atoms with Crippen LogP contribution >= 0.6 is 0 Å². The van der Waals surface area contributed by atoms with Crippen LogP contribution in [0.2, 0.25) is 0 Å². The number of hydrogen-bond acceptors (Lipinski definition) is 2. The van der Waals surface area contributed by atoms with Crippen LogP contribution in [0.3, 0.4) is 0 Å². The molecule has 0 fully saturated rings. The standard InChI is InChI=1S/C22H38O2/c1-9-10-11-22(8,15-23)14-16-12-17(20(2,3)4)19(24)18(13-16)21(5,6)7/h12-13,23-24H,9-11,14-15H2,1-8H3. The summed E-state index contributed by atoms with van der Waals surface area (Å²) in [5.74, 6) is 0.429. The number of hydrogen-bond donors (Lipinski definition) is 2. The largest absolute Gasteiger partial charge is 0.507 e. The first-order valence-electron chi connectivity index (χ1n) is 9.32. The van der Waals surface area contributed by atoms with E-state index in [1.165, 1.54) is 5.56 Å². The van der Waals surface area contributed by atoms with Gasteiger partial charge in [-0.3, -0.25) is 0 Å². The molecule has 0 saturated carbocycles. The molecule has 24 heavy (non-hydrogen) atoms. The van der Waals surface area contributed by atoms with E-state index in [4.69, 9.17) is 0 Å². The van der Waals surface area contributed by atoms with E-state index in [0.717, 1.165) is 36.8 Å². The van der Waals surface area contributed by atoms with Crippen LogP contribution in [0, 0.1) is 5.41 Å². The highest BCUT2D eigenvalue weighted by Crippen LogP contribution is 2.41. The molecule has 0 bridgehead atoms.